The van der Waals surface area contributed by atoms with Crippen LogP contribution in [0, 0.1) is 0 Å². The van der Waals surface area contributed by atoms with Gasteiger partial charge in [-0.1, -0.05) is 274 Å². The summed E-state index contributed by atoms with van der Waals surface area (Å²) in [6.07, 6.45) is 50.2. The topological polar surface area (TPSA) is 38.8 Å². The summed E-state index contributed by atoms with van der Waals surface area (Å²) in [6.45, 7) is 28.7. The van der Waals surface area contributed by atoms with Crippen LogP contribution in [0.15, 0.2) is 0 Å². The fraction of sp³-hybridized carbons (Fsp3) is 0.982. The number of carbonyl (C=O) groups excluding carboxylic acids is 1. The molecule has 1 aliphatic heterocycles. The van der Waals surface area contributed by atoms with Crippen molar-refractivity contribution in [2.24, 2.45) is 0 Å². The highest BCUT2D eigenvalue weighted by atomic mass is 28.4. The summed E-state index contributed by atoms with van der Waals surface area (Å²) < 4.78 is 14.2. The minimum atomic E-state index is -2.04. The molecule has 62 heavy (non-hydrogen) atoms. The monoisotopic (exact) mass is 906 g/mol. The molecule has 0 aliphatic carbocycles. The van der Waals surface area contributed by atoms with Crippen molar-refractivity contribution in [3.8, 4) is 0 Å². The van der Waals surface area contributed by atoms with Crippen LogP contribution >= 0.6 is 0 Å². The molecular formula is C56H115NO3Si2. The third-order valence-corrected chi connectivity index (χ3v) is 24.7. The molecule has 0 unspecified atom stereocenters. The summed E-state index contributed by atoms with van der Waals surface area (Å²) in [5, 5.41) is 0.274. The molecular weight excluding hydrogens is 791 g/mol. The maximum absolute atomic E-state index is 14.2. The van der Waals surface area contributed by atoms with Crippen molar-refractivity contribution in [1.82, 2.24) is 4.90 Å². The predicted octanol–water partition coefficient (Wildman–Crippen LogP) is 19.5. The van der Waals surface area contributed by atoms with Crippen LogP contribution in [-0.2, 0) is 13.6 Å². The van der Waals surface area contributed by atoms with Crippen molar-refractivity contribution in [3.05, 3.63) is 0 Å². The van der Waals surface area contributed by atoms with E-state index in [1.54, 1.807) is 0 Å². The van der Waals surface area contributed by atoms with E-state index < -0.39 is 16.6 Å². The first-order valence-electron chi connectivity index (χ1n) is 28.1. The van der Waals surface area contributed by atoms with E-state index in [-0.39, 0.29) is 28.3 Å². The summed E-state index contributed by atoms with van der Waals surface area (Å²) in [5.41, 5.74) is 0. The van der Waals surface area contributed by atoms with E-state index >= 15 is 0 Å². The molecule has 0 N–H and O–H groups in total. The zero-order valence-electron chi connectivity index (χ0n) is 44.8. The van der Waals surface area contributed by atoms with Gasteiger partial charge in [0.05, 0.1) is 24.8 Å². The van der Waals surface area contributed by atoms with Gasteiger partial charge in [0.15, 0.2) is 16.6 Å². The van der Waals surface area contributed by atoms with E-state index in [9.17, 15) is 4.79 Å². The quantitative estimate of drug-likeness (QED) is 0.0452. The number of likely N-dealkylation sites (tertiary alicyclic amines) is 1. The lowest BCUT2D eigenvalue weighted by molar-refractivity contribution is -0.168. The van der Waals surface area contributed by atoms with Crippen LogP contribution in [0.3, 0.4) is 0 Å². The number of nitrogens with zero attached hydrogens (tertiary/aromatic N) is 1. The van der Waals surface area contributed by atoms with Gasteiger partial charge in [0.2, 0.25) is 5.91 Å². The van der Waals surface area contributed by atoms with E-state index in [4.69, 9.17) is 8.85 Å². The van der Waals surface area contributed by atoms with Crippen molar-refractivity contribution < 1.29 is 13.6 Å². The number of unbranched alkanes of at least 4 members (excludes halogenated alkanes) is 33. The van der Waals surface area contributed by atoms with E-state index in [2.05, 4.69) is 86.5 Å². The molecule has 3 atom stereocenters. The zero-order chi connectivity index (χ0) is 46.2. The Balaban J connectivity index is 2.50. The summed E-state index contributed by atoms with van der Waals surface area (Å²) in [4.78, 5) is 16.5. The van der Waals surface area contributed by atoms with Gasteiger partial charge in [-0.05, 0) is 49.1 Å². The van der Waals surface area contributed by atoms with Crippen LogP contribution in [0.1, 0.15) is 293 Å². The number of hydrogen-bond acceptors (Lipinski definition) is 3. The molecule has 1 fully saturated rings. The summed E-state index contributed by atoms with van der Waals surface area (Å²) >= 11 is 0. The minimum Gasteiger partial charge on any atom is -0.415 e. The highest BCUT2D eigenvalue weighted by molar-refractivity contribution is 6.74. The molecule has 370 valence electrons. The van der Waals surface area contributed by atoms with Crippen LogP contribution in [0.2, 0.25) is 36.3 Å². The zero-order valence-corrected chi connectivity index (χ0v) is 46.8. The average Bonchev–Trinajstić information content (AvgIpc) is 3.20. The Bertz CT molecular complexity index is 1050. The van der Waals surface area contributed by atoms with Crippen LogP contribution in [-0.4, -0.2) is 52.2 Å². The Kier molecular flexibility index (Phi) is 33.8. The summed E-state index contributed by atoms with van der Waals surface area (Å²) in [7, 11) is -4.01. The minimum absolute atomic E-state index is 0.0395. The summed E-state index contributed by atoms with van der Waals surface area (Å²) in [6, 6.07) is 0.231. The second-order valence-electron chi connectivity index (χ2n) is 23.6. The van der Waals surface area contributed by atoms with Crippen LogP contribution in [0.5, 0.6) is 0 Å². The second kappa shape index (κ2) is 35.0. The molecule has 0 saturated carbocycles. The van der Waals surface area contributed by atoms with Crippen molar-refractivity contribution in [1.29, 1.82) is 0 Å². The standard InChI is InChI=1S/C56H115NO3Si2/c1-13-15-17-19-21-23-25-27-28-29-30-31-32-33-34-35-36-37-39-41-43-45-47-49-53(58)57-51(48-46-44-42-40-38-26-24-22-20-18-16-14-2)54(60-62(11,12)56(6,7)8)52(57)50-59-61(9,10)55(3,4)5/h51-52,54H,13-50H2,1-12H3/t51-,52-,54-/m0/s1. The first kappa shape index (κ1) is 59.8. The Morgan fingerprint density at radius 1 is 0.419 bits per heavy atom. The van der Waals surface area contributed by atoms with Gasteiger partial charge >= 0.3 is 0 Å². The van der Waals surface area contributed by atoms with Gasteiger partial charge in [-0.15, -0.1) is 0 Å². The summed E-state index contributed by atoms with van der Waals surface area (Å²) in [5.74, 6) is 0.358. The maximum Gasteiger partial charge on any atom is 0.223 e. The Morgan fingerprint density at radius 3 is 1.02 bits per heavy atom. The number of rotatable bonds is 42. The van der Waals surface area contributed by atoms with Gasteiger partial charge in [0.25, 0.3) is 0 Å². The molecule has 1 saturated heterocycles. The molecule has 1 amide bonds. The molecule has 0 spiro atoms. The second-order valence-corrected chi connectivity index (χ2v) is 33.1. The normalized spacial score (nSPS) is 17.5. The molecule has 6 heteroatoms. The van der Waals surface area contributed by atoms with E-state index in [1.807, 2.05) is 0 Å². The molecule has 4 nitrogen and oxygen atoms in total. The van der Waals surface area contributed by atoms with Crippen LogP contribution in [0.25, 0.3) is 0 Å². The van der Waals surface area contributed by atoms with E-state index in [0.717, 1.165) is 12.8 Å². The number of hydrogen-bond donors (Lipinski definition) is 0. The highest BCUT2D eigenvalue weighted by Gasteiger charge is 2.55. The van der Waals surface area contributed by atoms with Crippen LogP contribution < -0.4 is 0 Å². The molecule has 0 bridgehead atoms. The third kappa shape index (κ3) is 26.8. The number of amides is 1. The first-order chi connectivity index (χ1) is 29.5. The molecule has 0 aromatic heterocycles. The molecule has 0 radical (unpaired) electrons. The van der Waals surface area contributed by atoms with Gasteiger partial charge in [-0.2, -0.15) is 0 Å². The van der Waals surface area contributed by atoms with Gasteiger partial charge in [-0.3, -0.25) is 4.79 Å². The van der Waals surface area contributed by atoms with Crippen molar-refractivity contribution in [2.45, 2.75) is 347 Å². The van der Waals surface area contributed by atoms with Crippen molar-refractivity contribution >= 4 is 22.5 Å². The smallest absolute Gasteiger partial charge is 0.223 e. The SMILES string of the molecule is CCCCCCCCCCCCCCCCCCCCCCCCCC(=O)N1[C@@H](CCCCCCCCCCCCCC)[C@H](O[Si](C)(C)C(C)(C)C)[C@@H]1CO[Si](C)(C)C(C)(C)C. The lowest BCUT2D eigenvalue weighted by Gasteiger charge is -2.58. The third-order valence-electron chi connectivity index (χ3n) is 15.8. The van der Waals surface area contributed by atoms with Crippen LogP contribution in [0.4, 0.5) is 0 Å². The van der Waals surface area contributed by atoms with Gasteiger partial charge < -0.3 is 13.8 Å². The predicted molar refractivity (Wildman–Crippen MR) is 282 cm³/mol. The lowest BCUT2D eigenvalue weighted by Crippen LogP contribution is -2.73. The van der Waals surface area contributed by atoms with Gasteiger partial charge in [-0.25, -0.2) is 0 Å². The Hall–Kier alpha value is -0.176. The van der Waals surface area contributed by atoms with E-state index in [0.29, 0.717) is 18.9 Å². The first-order valence-corrected chi connectivity index (χ1v) is 33.9. The molecule has 0 aromatic carbocycles. The lowest BCUT2D eigenvalue weighted by atomic mass is 9.85. The highest BCUT2D eigenvalue weighted by Crippen LogP contribution is 2.44. The van der Waals surface area contributed by atoms with E-state index in [1.165, 1.54) is 218 Å². The Labute approximate surface area is 393 Å². The fourth-order valence-electron chi connectivity index (χ4n) is 9.14. The number of carbonyl (C=O) groups is 1. The molecule has 0 aromatic rings. The van der Waals surface area contributed by atoms with Gasteiger partial charge in [0.1, 0.15) is 0 Å². The molecule has 1 rings (SSSR count). The van der Waals surface area contributed by atoms with Crippen molar-refractivity contribution in [3.63, 3.8) is 0 Å². The average molecular weight is 907 g/mol. The largest absolute Gasteiger partial charge is 0.415 e. The maximum atomic E-state index is 14.2. The van der Waals surface area contributed by atoms with Gasteiger partial charge in [0, 0.05) is 6.42 Å². The van der Waals surface area contributed by atoms with Crippen molar-refractivity contribution in [2.75, 3.05) is 6.61 Å². The molecule has 1 aliphatic rings. The fourth-order valence-corrected chi connectivity index (χ4v) is 11.5. The molecule has 1 heterocycles. The Morgan fingerprint density at radius 2 is 0.710 bits per heavy atom.